The Morgan fingerprint density at radius 3 is 2.71 bits per heavy atom. The van der Waals surface area contributed by atoms with Crippen LogP contribution in [0.1, 0.15) is 30.9 Å². The van der Waals surface area contributed by atoms with Crippen molar-refractivity contribution in [2.45, 2.75) is 37.5 Å². The van der Waals surface area contributed by atoms with E-state index in [4.69, 9.17) is 4.74 Å². The summed E-state index contributed by atoms with van der Waals surface area (Å²) >= 11 is 0. The van der Waals surface area contributed by atoms with Gasteiger partial charge in [0.25, 0.3) is 5.91 Å². The maximum atomic E-state index is 14.0. The summed E-state index contributed by atoms with van der Waals surface area (Å²) in [5, 5.41) is 11.5. The topological polar surface area (TPSA) is 92.1 Å². The molecule has 3 aliphatic rings. The zero-order chi connectivity index (χ0) is 24.1. The molecule has 0 saturated carbocycles. The number of methoxy groups -OCH3 is 1. The smallest absolute Gasteiger partial charge is 0.416 e. The lowest BCUT2D eigenvalue weighted by atomic mass is 9.62. The van der Waals surface area contributed by atoms with Crippen molar-refractivity contribution < 1.29 is 22.7 Å². The molecule has 3 aliphatic heterocycles. The largest absolute Gasteiger partial charge is 0.467 e. The number of hydrogen-bond acceptors (Lipinski definition) is 7. The Balaban J connectivity index is 1.67. The highest BCUT2D eigenvalue weighted by atomic mass is 19.4. The third-order valence-corrected chi connectivity index (χ3v) is 6.57. The molecule has 1 unspecified atom stereocenters. The molecule has 8 nitrogen and oxygen atoms in total. The van der Waals surface area contributed by atoms with E-state index in [9.17, 15) is 18.0 Å². The third-order valence-electron chi connectivity index (χ3n) is 6.57. The van der Waals surface area contributed by atoms with E-state index in [-0.39, 0.29) is 11.9 Å². The number of nitrogens with zero attached hydrogens (tertiary/aromatic N) is 5. The Labute approximate surface area is 193 Å². The maximum absolute atomic E-state index is 14.0. The molecule has 5 rings (SSSR count). The van der Waals surface area contributed by atoms with Crippen LogP contribution < -0.4 is 15.0 Å². The van der Waals surface area contributed by atoms with Gasteiger partial charge in [-0.15, -0.1) is 0 Å². The van der Waals surface area contributed by atoms with Crippen LogP contribution in [0, 0.1) is 0 Å². The normalized spacial score (nSPS) is 23.9. The van der Waals surface area contributed by atoms with Crippen LogP contribution in [0.3, 0.4) is 0 Å². The Hall–Kier alpha value is -3.76. The Morgan fingerprint density at radius 1 is 1.26 bits per heavy atom. The number of aromatic nitrogens is 2. The zero-order valence-electron chi connectivity index (χ0n) is 18.4. The second-order valence-corrected chi connectivity index (χ2v) is 8.19. The lowest BCUT2D eigenvalue weighted by Crippen LogP contribution is -2.54. The number of alkyl halides is 3. The fourth-order valence-electron chi connectivity index (χ4n) is 5.01. The molecule has 176 valence electrons. The van der Waals surface area contributed by atoms with Gasteiger partial charge in [-0.3, -0.25) is 4.79 Å². The fraction of sp³-hybridized carbons (Fsp3) is 0.348. The van der Waals surface area contributed by atoms with E-state index < -0.39 is 23.3 Å². The molecule has 1 N–H and O–H groups in total. The number of azo groups is 1. The second kappa shape index (κ2) is 7.93. The SMILES string of the molecule is CC[C@@]1(c2cccc(C(F)(F)F)c2)C2=CN=NC2NC2=C1C(=O)N(c1cnc(OC)nc1)CC2. The minimum Gasteiger partial charge on any atom is -0.467 e. The van der Waals surface area contributed by atoms with Crippen molar-refractivity contribution in [3.63, 3.8) is 0 Å². The number of ether oxygens (including phenoxy) is 1. The highest BCUT2D eigenvalue weighted by molar-refractivity contribution is 6.09. The van der Waals surface area contributed by atoms with Gasteiger partial charge < -0.3 is 15.0 Å². The first-order chi connectivity index (χ1) is 16.3. The van der Waals surface area contributed by atoms with Crippen molar-refractivity contribution >= 4 is 11.6 Å². The van der Waals surface area contributed by atoms with Gasteiger partial charge in [0.2, 0.25) is 0 Å². The lowest BCUT2D eigenvalue weighted by Gasteiger charge is -2.47. The molecular formula is C23H21F3N6O2. The summed E-state index contributed by atoms with van der Waals surface area (Å²) in [6, 6.07) is 5.33. The van der Waals surface area contributed by atoms with Crippen LogP contribution in [-0.2, 0) is 16.4 Å². The molecule has 0 spiro atoms. The van der Waals surface area contributed by atoms with E-state index >= 15 is 0 Å². The molecule has 0 radical (unpaired) electrons. The lowest BCUT2D eigenvalue weighted by molar-refractivity contribution is -0.137. The first-order valence-corrected chi connectivity index (χ1v) is 10.8. The van der Waals surface area contributed by atoms with Crippen LogP contribution in [0.2, 0.25) is 0 Å². The van der Waals surface area contributed by atoms with Gasteiger partial charge in [0.05, 0.1) is 47.9 Å². The van der Waals surface area contributed by atoms with Crippen LogP contribution >= 0.6 is 0 Å². The van der Waals surface area contributed by atoms with Crippen molar-refractivity contribution in [1.82, 2.24) is 15.3 Å². The highest BCUT2D eigenvalue weighted by Gasteiger charge is 2.53. The molecular weight excluding hydrogens is 449 g/mol. The fourth-order valence-corrected chi connectivity index (χ4v) is 5.01. The quantitative estimate of drug-likeness (QED) is 0.726. The molecule has 11 heteroatoms. The third kappa shape index (κ3) is 3.25. The number of rotatable bonds is 4. The van der Waals surface area contributed by atoms with E-state index in [0.29, 0.717) is 47.5 Å². The number of benzene rings is 1. The number of halogens is 3. The van der Waals surface area contributed by atoms with E-state index in [0.717, 1.165) is 12.1 Å². The van der Waals surface area contributed by atoms with Crippen LogP contribution in [0.25, 0.3) is 0 Å². The van der Waals surface area contributed by atoms with Crippen LogP contribution in [0.5, 0.6) is 6.01 Å². The molecule has 0 fully saturated rings. The van der Waals surface area contributed by atoms with Gasteiger partial charge in [-0.25, -0.2) is 9.97 Å². The number of hydrogen-bond donors (Lipinski definition) is 1. The molecule has 4 heterocycles. The summed E-state index contributed by atoms with van der Waals surface area (Å²) in [6.07, 6.45) is 0.298. The summed E-state index contributed by atoms with van der Waals surface area (Å²) < 4.78 is 45.8. The average Bonchev–Trinajstić information content (AvgIpc) is 3.31. The zero-order valence-corrected chi connectivity index (χ0v) is 18.4. The van der Waals surface area contributed by atoms with Crippen molar-refractivity contribution in [3.8, 4) is 6.01 Å². The highest BCUT2D eigenvalue weighted by Crippen LogP contribution is 2.51. The number of anilines is 1. The van der Waals surface area contributed by atoms with Crippen molar-refractivity contribution in [2.24, 2.45) is 10.2 Å². The molecule has 0 saturated heterocycles. The minimum absolute atomic E-state index is 0.168. The van der Waals surface area contributed by atoms with Crippen molar-refractivity contribution in [3.05, 3.63) is 70.8 Å². The molecule has 2 aromatic rings. The van der Waals surface area contributed by atoms with Gasteiger partial charge >= 0.3 is 12.2 Å². The van der Waals surface area contributed by atoms with Crippen molar-refractivity contribution in [2.75, 3.05) is 18.6 Å². The summed E-state index contributed by atoms with van der Waals surface area (Å²) in [7, 11) is 1.44. The van der Waals surface area contributed by atoms with Gasteiger partial charge in [0.15, 0.2) is 6.17 Å². The number of nitrogens with one attached hydrogen (secondary N) is 1. The molecule has 34 heavy (non-hydrogen) atoms. The van der Waals surface area contributed by atoms with Gasteiger partial charge in [-0.05, 0) is 18.1 Å². The van der Waals surface area contributed by atoms with Gasteiger partial charge in [0.1, 0.15) is 0 Å². The molecule has 0 bridgehead atoms. The van der Waals surface area contributed by atoms with Gasteiger partial charge in [-0.2, -0.15) is 23.4 Å². The predicted octanol–water partition coefficient (Wildman–Crippen LogP) is 4.12. The first kappa shape index (κ1) is 22.1. The molecule has 1 aromatic carbocycles. The molecule has 2 atom stereocenters. The first-order valence-electron chi connectivity index (χ1n) is 10.8. The van der Waals surface area contributed by atoms with Crippen LogP contribution in [-0.4, -0.2) is 35.7 Å². The molecule has 1 amide bonds. The van der Waals surface area contributed by atoms with Gasteiger partial charge in [0, 0.05) is 24.2 Å². The number of carbonyl (C=O) groups excluding carboxylic acids is 1. The summed E-state index contributed by atoms with van der Waals surface area (Å²) in [6.45, 7) is 2.21. The molecule has 1 aromatic heterocycles. The van der Waals surface area contributed by atoms with Crippen LogP contribution in [0.4, 0.5) is 18.9 Å². The Morgan fingerprint density at radius 2 is 2.03 bits per heavy atom. The number of amides is 1. The number of fused-ring (bicyclic) bond motifs is 1. The second-order valence-electron chi connectivity index (χ2n) is 8.19. The van der Waals surface area contributed by atoms with E-state index in [1.54, 1.807) is 17.2 Å². The monoisotopic (exact) mass is 470 g/mol. The van der Waals surface area contributed by atoms with Gasteiger partial charge in [-0.1, -0.05) is 25.1 Å². The van der Waals surface area contributed by atoms with E-state index in [2.05, 4.69) is 25.5 Å². The van der Waals surface area contributed by atoms with E-state index in [1.807, 2.05) is 6.92 Å². The minimum atomic E-state index is -4.52. The number of carbonyl (C=O) groups is 1. The Bertz CT molecular complexity index is 1240. The summed E-state index contributed by atoms with van der Waals surface area (Å²) in [5.41, 5.74) is 0.662. The van der Waals surface area contributed by atoms with Crippen LogP contribution in [0.15, 0.2) is 69.9 Å². The van der Waals surface area contributed by atoms with Crippen molar-refractivity contribution in [1.29, 1.82) is 0 Å². The van der Waals surface area contributed by atoms with E-state index in [1.165, 1.54) is 25.6 Å². The average molecular weight is 470 g/mol. The standard InChI is InChI=1S/C23H21F3N6O2/c1-3-22(13-5-4-6-14(9-13)23(24,25)26)16-12-29-31-19(16)30-17-7-8-32(20(33)18(17)22)15-10-27-21(34-2)28-11-15/h4-6,9-12,19,30H,3,7-8H2,1-2H3/t19?,22-/m1/s1. The summed E-state index contributed by atoms with van der Waals surface area (Å²) in [5.74, 6) is -0.326. The maximum Gasteiger partial charge on any atom is 0.416 e. The predicted molar refractivity (Wildman–Crippen MR) is 116 cm³/mol. The Kier molecular flexibility index (Phi) is 5.14. The summed E-state index contributed by atoms with van der Waals surface area (Å²) in [4.78, 5) is 23.7. The molecule has 0 aliphatic carbocycles.